The first-order valence-electron chi connectivity index (χ1n) is 7.13. The Morgan fingerprint density at radius 3 is 2.71 bits per heavy atom. The Hall–Kier alpha value is -2.54. The molecule has 2 rings (SSSR count). The van der Waals surface area contributed by atoms with Gasteiger partial charge in [-0.05, 0) is 30.2 Å². The lowest BCUT2D eigenvalue weighted by atomic mass is 10.1. The normalized spacial score (nSPS) is 9.95. The van der Waals surface area contributed by atoms with E-state index in [0.717, 1.165) is 36.6 Å². The van der Waals surface area contributed by atoms with E-state index >= 15 is 0 Å². The van der Waals surface area contributed by atoms with E-state index < -0.39 is 0 Å². The van der Waals surface area contributed by atoms with Gasteiger partial charge in [0, 0.05) is 26.3 Å². The quantitative estimate of drug-likeness (QED) is 0.881. The van der Waals surface area contributed by atoms with Crippen molar-refractivity contribution >= 4 is 11.5 Å². The fraction of sp³-hybridized carbons (Fsp3) is 0.294. The summed E-state index contributed by atoms with van der Waals surface area (Å²) in [5.41, 5.74) is 2.75. The van der Waals surface area contributed by atoms with Crippen molar-refractivity contribution in [2.24, 2.45) is 0 Å². The van der Waals surface area contributed by atoms with Crippen molar-refractivity contribution in [3.05, 3.63) is 53.7 Å². The van der Waals surface area contributed by atoms with Crippen molar-refractivity contribution in [3.63, 3.8) is 0 Å². The Labute approximate surface area is 126 Å². The molecule has 1 N–H and O–H groups in total. The highest BCUT2D eigenvalue weighted by molar-refractivity contribution is 5.58. The number of hydrogen-bond acceptors (Lipinski definition) is 4. The third kappa shape index (κ3) is 3.96. The fourth-order valence-corrected chi connectivity index (χ4v) is 2.14. The molecule has 0 saturated heterocycles. The van der Waals surface area contributed by atoms with Gasteiger partial charge in [-0.15, -0.1) is 0 Å². The summed E-state index contributed by atoms with van der Waals surface area (Å²) < 4.78 is 0. The molecule has 21 heavy (non-hydrogen) atoms. The maximum atomic E-state index is 9.15. The minimum atomic E-state index is 0.689. The molecule has 2 aromatic rings. The molecule has 4 heteroatoms. The number of nitrogens with one attached hydrogen (secondary N) is 1. The van der Waals surface area contributed by atoms with E-state index in [1.807, 2.05) is 43.6 Å². The average Bonchev–Trinajstić information content (AvgIpc) is 2.54. The van der Waals surface area contributed by atoms with Gasteiger partial charge < -0.3 is 10.2 Å². The van der Waals surface area contributed by atoms with Crippen molar-refractivity contribution in [2.75, 3.05) is 23.8 Å². The molecule has 0 atom stereocenters. The van der Waals surface area contributed by atoms with Gasteiger partial charge in [0.05, 0.1) is 11.3 Å². The van der Waals surface area contributed by atoms with Gasteiger partial charge in [0.2, 0.25) is 0 Å². The summed E-state index contributed by atoms with van der Waals surface area (Å²) in [5.74, 6) is 0.903. The molecule has 0 fully saturated rings. The highest BCUT2D eigenvalue weighted by atomic mass is 15.1. The van der Waals surface area contributed by atoms with Gasteiger partial charge in [-0.3, -0.25) is 0 Å². The van der Waals surface area contributed by atoms with Gasteiger partial charge in [0.25, 0.3) is 0 Å². The van der Waals surface area contributed by atoms with Crippen LogP contribution in [0, 0.1) is 11.3 Å². The van der Waals surface area contributed by atoms with Gasteiger partial charge in [0.1, 0.15) is 11.9 Å². The van der Waals surface area contributed by atoms with E-state index in [9.17, 15) is 0 Å². The Kier molecular flexibility index (Phi) is 5.16. The Morgan fingerprint density at radius 2 is 2.05 bits per heavy atom. The first-order valence-corrected chi connectivity index (χ1v) is 7.13. The standard InChI is InChI=1S/C17H20N4/c1-3-10-19-17-9-8-14(12-20-17)13-21(2)16-7-5-4-6-15(16)11-18/h4-9,12H,3,10,13H2,1-2H3,(H,19,20). The lowest BCUT2D eigenvalue weighted by molar-refractivity contribution is 0.910. The molecule has 0 unspecified atom stereocenters. The van der Waals surface area contributed by atoms with Crippen molar-refractivity contribution in [1.82, 2.24) is 4.98 Å². The predicted octanol–water partition coefficient (Wildman–Crippen LogP) is 3.41. The summed E-state index contributed by atoms with van der Waals surface area (Å²) in [6, 6.07) is 13.9. The number of para-hydroxylation sites is 1. The van der Waals surface area contributed by atoms with Crippen LogP contribution in [0.4, 0.5) is 11.5 Å². The third-order valence-corrected chi connectivity index (χ3v) is 3.24. The highest BCUT2D eigenvalue weighted by Gasteiger charge is 2.07. The molecule has 1 aromatic heterocycles. The first kappa shape index (κ1) is 14.9. The van der Waals surface area contributed by atoms with Crippen molar-refractivity contribution < 1.29 is 0 Å². The fourth-order valence-electron chi connectivity index (χ4n) is 2.14. The van der Waals surface area contributed by atoms with E-state index in [1.165, 1.54) is 0 Å². The van der Waals surface area contributed by atoms with Crippen molar-refractivity contribution in [3.8, 4) is 6.07 Å². The second-order valence-electron chi connectivity index (χ2n) is 4.96. The number of benzene rings is 1. The lowest BCUT2D eigenvalue weighted by Crippen LogP contribution is -2.17. The molecule has 0 amide bonds. The van der Waals surface area contributed by atoms with Gasteiger partial charge in [-0.25, -0.2) is 4.98 Å². The number of nitriles is 1. The van der Waals surface area contributed by atoms with Crippen LogP contribution in [-0.4, -0.2) is 18.6 Å². The summed E-state index contributed by atoms with van der Waals surface area (Å²) in [7, 11) is 1.99. The first-order chi connectivity index (χ1) is 10.2. The minimum Gasteiger partial charge on any atom is -0.370 e. The topological polar surface area (TPSA) is 52.0 Å². The van der Waals surface area contributed by atoms with Crippen LogP contribution in [0.25, 0.3) is 0 Å². The van der Waals surface area contributed by atoms with Gasteiger partial charge >= 0.3 is 0 Å². The molecule has 0 aliphatic heterocycles. The Morgan fingerprint density at radius 1 is 1.24 bits per heavy atom. The molecule has 0 radical (unpaired) electrons. The van der Waals surface area contributed by atoms with Crippen molar-refractivity contribution in [2.45, 2.75) is 19.9 Å². The van der Waals surface area contributed by atoms with Crippen LogP contribution < -0.4 is 10.2 Å². The molecule has 0 spiro atoms. The summed E-state index contributed by atoms with van der Waals surface area (Å²) >= 11 is 0. The SMILES string of the molecule is CCCNc1ccc(CN(C)c2ccccc2C#N)cn1. The molecule has 0 aliphatic rings. The summed E-state index contributed by atoms with van der Waals surface area (Å²) in [6.45, 7) is 3.78. The smallest absolute Gasteiger partial charge is 0.125 e. The molecule has 0 saturated carbocycles. The van der Waals surface area contributed by atoms with Crippen LogP contribution in [-0.2, 0) is 6.54 Å². The number of aromatic nitrogens is 1. The zero-order valence-corrected chi connectivity index (χ0v) is 12.5. The van der Waals surface area contributed by atoms with Crippen LogP contribution in [0.2, 0.25) is 0 Å². The second kappa shape index (κ2) is 7.30. The highest BCUT2D eigenvalue weighted by Crippen LogP contribution is 2.20. The van der Waals surface area contributed by atoms with E-state index in [0.29, 0.717) is 5.56 Å². The zero-order chi connectivity index (χ0) is 15.1. The monoisotopic (exact) mass is 280 g/mol. The number of nitrogens with zero attached hydrogens (tertiary/aromatic N) is 3. The van der Waals surface area contributed by atoms with Crippen molar-refractivity contribution in [1.29, 1.82) is 5.26 Å². The van der Waals surface area contributed by atoms with Crippen LogP contribution in [0.3, 0.4) is 0 Å². The zero-order valence-electron chi connectivity index (χ0n) is 12.5. The Bertz CT molecular complexity index is 613. The van der Waals surface area contributed by atoms with Gasteiger partial charge in [0.15, 0.2) is 0 Å². The predicted molar refractivity (Wildman–Crippen MR) is 86.3 cm³/mol. The maximum absolute atomic E-state index is 9.15. The number of pyridine rings is 1. The van der Waals surface area contributed by atoms with Crippen LogP contribution in [0.15, 0.2) is 42.6 Å². The van der Waals surface area contributed by atoms with Crippen LogP contribution >= 0.6 is 0 Å². The number of hydrogen-bond donors (Lipinski definition) is 1. The molecule has 0 bridgehead atoms. The number of anilines is 2. The van der Waals surface area contributed by atoms with Gasteiger partial charge in [-0.1, -0.05) is 25.1 Å². The number of rotatable bonds is 6. The molecule has 0 aliphatic carbocycles. The second-order valence-corrected chi connectivity index (χ2v) is 4.96. The van der Waals surface area contributed by atoms with E-state index in [4.69, 9.17) is 5.26 Å². The van der Waals surface area contributed by atoms with E-state index in [1.54, 1.807) is 0 Å². The van der Waals surface area contributed by atoms with E-state index in [2.05, 4.69) is 34.3 Å². The van der Waals surface area contributed by atoms with E-state index in [-0.39, 0.29) is 0 Å². The molecule has 1 aromatic carbocycles. The van der Waals surface area contributed by atoms with Gasteiger partial charge in [-0.2, -0.15) is 5.26 Å². The largest absolute Gasteiger partial charge is 0.370 e. The van der Waals surface area contributed by atoms with Crippen LogP contribution in [0.1, 0.15) is 24.5 Å². The molecular formula is C17H20N4. The summed E-state index contributed by atoms with van der Waals surface area (Å²) in [5, 5.41) is 12.4. The maximum Gasteiger partial charge on any atom is 0.125 e. The molecule has 1 heterocycles. The summed E-state index contributed by atoms with van der Waals surface area (Å²) in [6.07, 6.45) is 2.96. The average molecular weight is 280 g/mol. The molecule has 4 nitrogen and oxygen atoms in total. The lowest BCUT2D eigenvalue weighted by Gasteiger charge is -2.20. The molecular weight excluding hydrogens is 260 g/mol. The minimum absolute atomic E-state index is 0.689. The molecule has 108 valence electrons. The van der Waals surface area contributed by atoms with Crippen LogP contribution in [0.5, 0.6) is 0 Å². The summed E-state index contributed by atoms with van der Waals surface area (Å²) in [4.78, 5) is 6.47. The Balaban J connectivity index is 2.05. The third-order valence-electron chi connectivity index (χ3n) is 3.24.